The number of aliphatic hydroxyl groups excluding tert-OH is 1. The number of hydrogen-bond acceptors (Lipinski definition) is 6. The molecule has 1 fully saturated rings. The molecule has 164 valence electrons. The van der Waals surface area contributed by atoms with Crippen LogP contribution < -0.4 is 14.5 Å². The SMILES string of the molecule is COc1cc(CO)c(-c2cn3ccc(N4CCN(c5ccccn5)CC4)cc3n2)cc1Cl. The van der Waals surface area contributed by atoms with E-state index in [0.717, 1.165) is 60.2 Å². The number of benzene rings is 1. The van der Waals surface area contributed by atoms with Crippen LogP contribution in [0.15, 0.2) is 61.1 Å². The molecule has 0 amide bonds. The maximum atomic E-state index is 9.84. The summed E-state index contributed by atoms with van der Waals surface area (Å²) >= 11 is 6.33. The van der Waals surface area contributed by atoms with Crippen molar-refractivity contribution in [2.75, 3.05) is 43.1 Å². The molecule has 4 heterocycles. The molecule has 1 aliphatic rings. The summed E-state index contributed by atoms with van der Waals surface area (Å²) in [4.78, 5) is 14.0. The Hall–Kier alpha value is -3.29. The molecule has 1 aromatic carbocycles. The first kappa shape index (κ1) is 20.6. The van der Waals surface area contributed by atoms with E-state index in [1.54, 1.807) is 19.2 Å². The van der Waals surface area contributed by atoms with Gasteiger partial charge < -0.3 is 24.0 Å². The standard InChI is InChI=1S/C24H24ClN5O2/c1-32-22-12-17(16-31)19(14-20(22)25)21-15-30-7-5-18(13-24(30)27-21)28-8-10-29(11-9-28)23-4-2-3-6-26-23/h2-7,12-15,31H,8-11,16H2,1H3. The number of halogens is 1. The number of fused-ring (bicyclic) bond motifs is 1. The number of nitrogens with zero attached hydrogens (tertiary/aromatic N) is 5. The molecule has 0 saturated carbocycles. The molecule has 0 aliphatic carbocycles. The lowest BCUT2D eigenvalue weighted by molar-refractivity contribution is 0.281. The van der Waals surface area contributed by atoms with E-state index in [2.05, 4.69) is 33.0 Å². The van der Waals surface area contributed by atoms with Crippen molar-refractivity contribution in [2.24, 2.45) is 0 Å². The van der Waals surface area contributed by atoms with Gasteiger partial charge in [-0.15, -0.1) is 0 Å². The number of methoxy groups -OCH3 is 1. The molecule has 1 saturated heterocycles. The van der Waals surface area contributed by atoms with Crippen LogP contribution in [-0.4, -0.2) is 52.8 Å². The lowest BCUT2D eigenvalue weighted by atomic mass is 10.1. The molecule has 0 radical (unpaired) electrons. The van der Waals surface area contributed by atoms with E-state index in [1.165, 1.54) is 0 Å². The predicted molar refractivity (Wildman–Crippen MR) is 127 cm³/mol. The topological polar surface area (TPSA) is 66.1 Å². The Morgan fingerprint density at radius 2 is 1.88 bits per heavy atom. The summed E-state index contributed by atoms with van der Waals surface area (Å²) in [6, 6.07) is 13.8. The van der Waals surface area contributed by atoms with Gasteiger partial charge in [-0.25, -0.2) is 9.97 Å². The van der Waals surface area contributed by atoms with Crippen molar-refractivity contribution in [1.82, 2.24) is 14.4 Å². The number of rotatable bonds is 5. The molecule has 0 bridgehead atoms. The Morgan fingerprint density at radius 1 is 1.06 bits per heavy atom. The summed E-state index contributed by atoms with van der Waals surface area (Å²) in [5, 5.41) is 10.3. The summed E-state index contributed by atoms with van der Waals surface area (Å²) < 4.78 is 7.26. The van der Waals surface area contributed by atoms with E-state index in [-0.39, 0.29) is 6.61 Å². The van der Waals surface area contributed by atoms with Crippen molar-refractivity contribution in [3.8, 4) is 17.0 Å². The smallest absolute Gasteiger partial charge is 0.139 e. The van der Waals surface area contributed by atoms with Crippen LogP contribution in [0.4, 0.5) is 11.5 Å². The van der Waals surface area contributed by atoms with Crippen molar-refractivity contribution in [2.45, 2.75) is 6.61 Å². The molecular formula is C24H24ClN5O2. The summed E-state index contributed by atoms with van der Waals surface area (Å²) in [6.07, 6.45) is 5.81. The molecule has 8 heteroatoms. The van der Waals surface area contributed by atoms with Gasteiger partial charge in [-0.05, 0) is 35.9 Å². The highest BCUT2D eigenvalue weighted by molar-refractivity contribution is 6.32. The minimum Gasteiger partial charge on any atom is -0.495 e. The molecule has 4 aromatic rings. The quantitative estimate of drug-likeness (QED) is 0.499. The van der Waals surface area contributed by atoms with Crippen molar-refractivity contribution in [3.05, 3.63) is 71.6 Å². The van der Waals surface area contributed by atoms with Crippen LogP contribution in [-0.2, 0) is 6.61 Å². The lowest BCUT2D eigenvalue weighted by Crippen LogP contribution is -2.46. The fraction of sp³-hybridized carbons (Fsp3) is 0.250. The van der Waals surface area contributed by atoms with Gasteiger partial charge in [-0.1, -0.05) is 17.7 Å². The van der Waals surface area contributed by atoms with Crippen LogP contribution in [0.2, 0.25) is 5.02 Å². The van der Waals surface area contributed by atoms with E-state index in [4.69, 9.17) is 21.3 Å². The molecule has 1 N–H and O–H groups in total. The maximum absolute atomic E-state index is 9.84. The van der Waals surface area contributed by atoms with Crippen molar-refractivity contribution >= 4 is 28.8 Å². The molecule has 1 aliphatic heterocycles. The predicted octanol–water partition coefficient (Wildman–Crippen LogP) is 3.88. The maximum Gasteiger partial charge on any atom is 0.139 e. The third-order valence-corrected chi connectivity index (χ3v) is 6.18. The van der Waals surface area contributed by atoms with Crippen LogP contribution in [0.3, 0.4) is 0 Å². The van der Waals surface area contributed by atoms with Gasteiger partial charge in [-0.2, -0.15) is 0 Å². The number of aliphatic hydroxyl groups is 1. The second kappa shape index (κ2) is 8.68. The van der Waals surface area contributed by atoms with Crippen LogP contribution in [0.25, 0.3) is 16.9 Å². The second-order valence-electron chi connectivity index (χ2n) is 7.74. The van der Waals surface area contributed by atoms with Crippen LogP contribution in [0.5, 0.6) is 5.75 Å². The van der Waals surface area contributed by atoms with Crippen molar-refractivity contribution in [3.63, 3.8) is 0 Å². The molecule has 32 heavy (non-hydrogen) atoms. The number of ether oxygens (including phenoxy) is 1. The highest BCUT2D eigenvalue weighted by Gasteiger charge is 2.19. The largest absolute Gasteiger partial charge is 0.495 e. The van der Waals surface area contributed by atoms with Gasteiger partial charge in [0.25, 0.3) is 0 Å². The number of hydrogen-bond donors (Lipinski definition) is 1. The normalized spacial score (nSPS) is 14.2. The van der Waals surface area contributed by atoms with Crippen LogP contribution in [0, 0.1) is 0 Å². The van der Waals surface area contributed by atoms with Gasteiger partial charge in [0, 0.05) is 62.1 Å². The van der Waals surface area contributed by atoms with E-state index >= 15 is 0 Å². The number of imidazole rings is 1. The highest BCUT2D eigenvalue weighted by Crippen LogP contribution is 2.34. The molecule has 5 rings (SSSR count). The lowest BCUT2D eigenvalue weighted by Gasteiger charge is -2.36. The van der Waals surface area contributed by atoms with Gasteiger partial charge in [0.1, 0.15) is 17.2 Å². The van der Waals surface area contributed by atoms with Crippen LogP contribution in [0.1, 0.15) is 5.56 Å². The number of anilines is 2. The fourth-order valence-corrected chi connectivity index (χ4v) is 4.39. The Kier molecular flexibility index (Phi) is 5.59. The minimum absolute atomic E-state index is 0.122. The van der Waals surface area contributed by atoms with Gasteiger partial charge >= 0.3 is 0 Å². The fourth-order valence-electron chi connectivity index (χ4n) is 4.15. The van der Waals surface area contributed by atoms with Gasteiger partial charge in [-0.3, -0.25) is 0 Å². The Labute approximate surface area is 191 Å². The molecule has 0 unspecified atom stereocenters. The third kappa shape index (κ3) is 3.85. The van der Waals surface area contributed by atoms with Gasteiger partial charge in [0.2, 0.25) is 0 Å². The summed E-state index contributed by atoms with van der Waals surface area (Å²) in [6.45, 7) is 3.56. The van der Waals surface area contributed by atoms with Gasteiger partial charge in [0.05, 0.1) is 24.4 Å². The summed E-state index contributed by atoms with van der Waals surface area (Å²) in [5.41, 5.74) is 4.27. The summed E-state index contributed by atoms with van der Waals surface area (Å²) in [5.74, 6) is 1.56. The average Bonchev–Trinajstić information content (AvgIpc) is 3.28. The van der Waals surface area contributed by atoms with Crippen molar-refractivity contribution in [1.29, 1.82) is 0 Å². The summed E-state index contributed by atoms with van der Waals surface area (Å²) in [7, 11) is 1.56. The van der Waals surface area contributed by atoms with E-state index in [0.29, 0.717) is 10.8 Å². The second-order valence-corrected chi connectivity index (χ2v) is 8.15. The zero-order valence-electron chi connectivity index (χ0n) is 17.8. The molecule has 0 spiro atoms. The Balaban J connectivity index is 1.39. The Morgan fingerprint density at radius 3 is 2.59 bits per heavy atom. The number of piperazine rings is 1. The number of aromatic nitrogens is 3. The zero-order valence-corrected chi connectivity index (χ0v) is 18.5. The van der Waals surface area contributed by atoms with Crippen molar-refractivity contribution < 1.29 is 9.84 Å². The Bertz CT molecular complexity index is 1240. The average molecular weight is 450 g/mol. The molecule has 0 atom stereocenters. The first-order valence-corrected chi connectivity index (χ1v) is 10.9. The van der Waals surface area contributed by atoms with E-state index < -0.39 is 0 Å². The highest BCUT2D eigenvalue weighted by atomic mass is 35.5. The molecule has 7 nitrogen and oxygen atoms in total. The third-order valence-electron chi connectivity index (χ3n) is 5.89. The van der Waals surface area contributed by atoms with E-state index in [9.17, 15) is 5.11 Å². The first-order valence-electron chi connectivity index (χ1n) is 10.5. The monoisotopic (exact) mass is 449 g/mol. The zero-order chi connectivity index (χ0) is 22.1. The van der Waals surface area contributed by atoms with E-state index in [1.807, 2.05) is 35.1 Å². The molecule has 3 aromatic heterocycles. The molecular weight excluding hydrogens is 426 g/mol. The minimum atomic E-state index is -0.122. The number of pyridine rings is 2. The van der Waals surface area contributed by atoms with Gasteiger partial charge in [0.15, 0.2) is 0 Å². The van der Waals surface area contributed by atoms with Crippen LogP contribution >= 0.6 is 11.6 Å². The first-order chi connectivity index (χ1) is 15.7.